The van der Waals surface area contributed by atoms with Crippen molar-refractivity contribution in [3.63, 3.8) is 0 Å². The highest BCUT2D eigenvalue weighted by Gasteiger charge is 2.24. The second kappa shape index (κ2) is 5.54. The lowest BCUT2D eigenvalue weighted by atomic mass is 10.0. The lowest BCUT2D eigenvalue weighted by Crippen LogP contribution is -2.24. The van der Waals surface area contributed by atoms with Crippen LogP contribution in [0.4, 0.5) is 11.4 Å². The molecule has 2 aliphatic rings. The first kappa shape index (κ1) is 13.0. The highest BCUT2D eigenvalue weighted by atomic mass is 16.7. The Balaban J connectivity index is 1.75. The molecule has 1 N–H and O–H groups in total. The average Bonchev–Trinajstić information content (AvgIpc) is 2.92. The second-order valence-corrected chi connectivity index (χ2v) is 4.94. The van der Waals surface area contributed by atoms with Crippen LogP contribution >= 0.6 is 0 Å². The third-order valence-corrected chi connectivity index (χ3v) is 3.52. The van der Waals surface area contributed by atoms with Gasteiger partial charge in [0.25, 0.3) is 5.69 Å². The SMILES string of the molecule is O=[N+]([O-])c1cc2c(cc1NCC1CCCOC1)OCO2. The summed E-state index contributed by atoms with van der Waals surface area (Å²) < 4.78 is 15.8. The van der Waals surface area contributed by atoms with Gasteiger partial charge in [0, 0.05) is 19.2 Å². The van der Waals surface area contributed by atoms with Gasteiger partial charge < -0.3 is 19.5 Å². The Morgan fingerprint density at radius 3 is 2.85 bits per heavy atom. The van der Waals surface area contributed by atoms with E-state index >= 15 is 0 Å². The lowest BCUT2D eigenvalue weighted by molar-refractivity contribution is -0.384. The summed E-state index contributed by atoms with van der Waals surface area (Å²) in [4.78, 5) is 10.7. The van der Waals surface area contributed by atoms with Crippen molar-refractivity contribution in [1.29, 1.82) is 0 Å². The van der Waals surface area contributed by atoms with Crippen LogP contribution in [-0.2, 0) is 4.74 Å². The number of hydrogen-bond acceptors (Lipinski definition) is 6. The summed E-state index contributed by atoms with van der Waals surface area (Å²) in [6.45, 7) is 2.26. The number of nitrogens with zero attached hydrogens (tertiary/aromatic N) is 1. The highest BCUT2D eigenvalue weighted by Crippen LogP contribution is 2.40. The third kappa shape index (κ3) is 2.62. The molecule has 1 unspecified atom stereocenters. The van der Waals surface area contributed by atoms with Gasteiger partial charge in [0.1, 0.15) is 5.69 Å². The van der Waals surface area contributed by atoms with Gasteiger partial charge in [-0.15, -0.1) is 0 Å². The van der Waals surface area contributed by atoms with Crippen molar-refractivity contribution >= 4 is 11.4 Å². The lowest BCUT2D eigenvalue weighted by Gasteiger charge is -2.22. The number of fused-ring (bicyclic) bond motifs is 1. The maximum atomic E-state index is 11.1. The molecule has 2 heterocycles. The Morgan fingerprint density at radius 1 is 1.35 bits per heavy atom. The van der Waals surface area contributed by atoms with Crippen LogP contribution in [0.1, 0.15) is 12.8 Å². The molecule has 1 saturated heterocycles. The molecule has 2 aliphatic heterocycles. The molecule has 7 heteroatoms. The van der Waals surface area contributed by atoms with E-state index in [1.165, 1.54) is 6.07 Å². The van der Waals surface area contributed by atoms with Gasteiger partial charge >= 0.3 is 0 Å². The molecule has 0 saturated carbocycles. The molecule has 1 fully saturated rings. The summed E-state index contributed by atoms with van der Waals surface area (Å²) in [7, 11) is 0. The highest BCUT2D eigenvalue weighted by molar-refractivity contribution is 5.68. The second-order valence-electron chi connectivity index (χ2n) is 4.94. The number of hydrogen-bond donors (Lipinski definition) is 1. The molecule has 0 bridgehead atoms. The van der Waals surface area contributed by atoms with Gasteiger partial charge in [-0.3, -0.25) is 10.1 Å². The Kier molecular flexibility index (Phi) is 3.60. The fourth-order valence-electron chi connectivity index (χ4n) is 2.45. The van der Waals surface area contributed by atoms with Crippen LogP contribution in [0.25, 0.3) is 0 Å². The number of anilines is 1. The molecule has 1 atom stereocenters. The monoisotopic (exact) mass is 280 g/mol. The number of nitro benzene ring substituents is 1. The molecular formula is C13H16N2O5. The Labute approximate surface area is 116 Å². The number of nitrogens with one attached hydrogen (secondary N) is 1. The smallest absolute Gasteiger partial charge is 0.296 e. The number of benzene rings is 1. The van der Waals surface area contributed by atoms with Crippen molar-refractivity contribution in [2.45, 2.75) is 12.8 Å². The van der Waals surface area contributed by atoms with E-state index in [-0.39, 0.29) is 12.5 Å². The molecule has 0 radical (unpaired) electrons. The summed E-state index contributed by atoms with van der Waals surface area (Å²) in [5.74, 6) is 1.34. The maximum absolute atomic E-state index is 11.1. The van der Waals surface area contributed by atoms with Gasteiger partial charge in [0.15, 0.2) is 11.5 Å². The van der Waals surface area contributed by atoms with Crippen LogP contribution < -0.4 is 14.8 Å². The first-order valence-corrected chi connectivity index (χ1v) is 6.63. The molecule has 0 spiro atoms. The van der Waals surface area contributed by atoms with E-state index in [2.05, 4.69) is 5.32 Å². The molecule has 7 nitrogen and oxygen atoms in total. The topological polar surface area (TPSA) is 82.9 Å². The minimum Gasteiger partial charge on any atom is -0.454 e. The zero-order valence-electron chi connectivity index (χ0n) is 11.0. The van der Waals surface area contributed by atoms with Gasteiger partial charge in [-0.25, -0.2) is 0 Å². The van der Waals surface area contributed by atoms with Gasteiger partial charge in [0.2, 0.25) is 6.79 Å². The quantitative estimate of drug-likeness (QED) is 0.672. The average molecular weight is 280 g/mol. The van der Waals surface area contributed by atoms with E-state index in [9.17, 15) is 10.1 Å². The normalized spacial score (nSPS) is 20.7. The molecule has 0 aromatic heterocycles. The van der Waals surface area contributed by atoms with Gasteiger partial charge in [-0.1, -0.05) is 0 Å². The molecule has 0 aliphatic carbocycles. The van der Waals surface area contributed by atoms with Crippen molar-refractivity contribution in [2.24, 2.45) is 5.92 Å². The summed E-state index contributed by atoms with van der Waals surface area (Å²) >= 11 is 0. The third-order valence-electron chi connectivity index (χ3n) is 3.52. The minimum absolute atomic E-state index is 0.00554. The predicted molar refractivity (Wildman–Crippen MR) is 71.3 cm³/mol. The Bertz CT molecular complexity index is 514. The molecule has 0 amide bonds. The van der Waals surface area contributed by atoms with Crippen LogP contribution in [0, 0.1) is 16.0 Å². The van der Waals surface area contributed by atoms with E-state index in [0.29, 0.717) is 36.3 Å². The molecule has 3 rings (SSSR count). The van der Waals surface area contributed by atoms with E-state index in [1.807, 2.05) is 0 Å². The zero-order chi connectivity index (χ0) is 13.9. The first-order valence-electron chi connectivity index (χ1n) is 6.63. The fourth-order valence-corrected chi connectivity index (χ4v) is 2.45. The van der Waals surface area contributed by atoms with Gasteiger partial charge in [0.05, 0.1) is 17.6 Å². The molecular weight excluding hydrogens is 264 g/mol. The largest absolute Gasteiger partial charge is 0.454 e. The van der Waals surface area contributed by atoms with Crippen LogP contribution in [0.5, 0.6) is 11.5 Å². The fraction of sp³-hybridized carbons (Fsp3) is 0.538. The Morgan fingerprint density at radius 2 is 2.15 bits per heavy atom. The van der Waals surface area contributed by atoms with Crippen LogP contribution in [-0.4, -0.2) is 31.5 Å². The van der Waals surface area contributed by atoms with Crippen molar-refractivity contribution in [2.75, 3.05) is 31.9 Å². The summed E-state index contributed by atoms with van der Waals surface area (Å²) in [5, 5.41) is 14.3. The molecule has 20 heavy (non-hydrogen) atoms. The minimum atomic E-state index is -0.415. The number of nitro groups is 1. The molecule has 1 aromatic rings. The van der Waals surface area contributed by atoms with Crippen molar-refractivity contribution < 1.29 is 19.1 Å². The maximum Gasteiger partial charge on any atom is 0.296 e. The summed E-state index contributed by atoms with van der Waals surface area (Å²) in [6, 6.07) is 3.03. The van der Waals surface area contributed by atoms with E-state index in [1.54, 1.807) is 6.07 Å². The predicted octanol–water partition coefficient (Wildman–Crippen LogP) is 2.16. The molecule has 108 valence electrons. The van der Waals surface area contributed by atoms with Crippen LogP contribution in [0.3, 0.4) is 0 Å². The van der Waals surface area contributed by atoms with Crippen molar-refractivity contribution in [1.82, 2.24) is 0 Å². The van der Waals surface area contributed by atoms with Gasteiger partial charge in [-0.2, -0.15) is 0 Å². The summed E-state index contributed by atoms with van der Waals surface area (Å²) in [5.41, 5.74) is 0.468. The zero-order valence-corrected chi connectivity index (χ0v) is 11.0. The standard InChI is InChI=1S/C13H16N2O5/c16-15(17)11-5-13-12(19-8-20-13)4-10(11)14-6-9-2-1-3-18-7-9/h4-5,9,14H,1-3,6-8H2. The first-order chi connectivity index (χ1) is 9.74. The van der Waals surface area contributed by atoms with Crippen LogP contribution in [0.15, 0.2) is 12.1 Å². The van der Waals surface area contributed by atoms with E-state index < -0.39 is 4.92 Å². The van der Waals surface area contributed by atoms with E-state index in [4.69, 9.17) is 14.2 Å². The summed E-state index contributed by atoms with van der Waals surface area (Å²) in [6.07, 6.45) is 2.11. The molecule has 1 aromatic carbocycles. The van der Waals surface area contributed by atoms with Crippen molar-refractivity contribution in [3.8, 4) is 11.5 Å². The van der Waals surface area contributed by atoms with E-state index in [0.717, 1.165) is 19.4 Å². The number of ether oxygens (including phenoxy) is 3. The van der Waals surface area contributed by atoms with Gasteiger partial charge in [-0.05, 0) is 18.8 Å². The number of rotatable bonds is 4. The van der Waals surface area contributed by atoms with Crippen LogP contribution in [0.2, 0.25) is 0 Å². The van der Waals surface area contributed by atoms with Crippen molar-refractivity contribution in [3.05, 3.63) is 22.2 Å². The Hall–Kier alpha value is -2.02.